The van der Waals surface area contributed by atoms with E-state index in [0.717, 1.165) is 5.56 Å². The molecule has 0 aliphatic heterocycles. The van der Waals surface area contributed by atoms with E-state index in [1.54, 1.807) is 32.5 Å². The first kappa shape index (κ1) is 12.9. The molecular weight excluding hydrogens is 246 g/mol. The fourth-order valence-electron chi connectivity index (χ4n) is 1.67. The van der Waals surface area contributed by atoms with Gasteiger partial charge in [-0.1, -0.05) is 0 Å². The van der Waals surface area contributed by atoms with Gasteiger partial charge in [0.25, 0.3) is 5.91 Å². The van der Waals surface area contributed by atoms with Gasteiger partial charge in [-0.3, -0.25) is 9.48 Å². The van der Waals surface area contributed by atoms with Crippen LogP contribution < -0.4 is 15.8 Å². The van der Waals surface area contributed by atoms with Crippen molar-refractivity contribution in [2.75, 3.05) is 12.8 Å². The summed E-state index contributed by atoms with van der Waals surface area (Å²) < 4.78 is 6.46. The van der Waals surface area contributed by atoms with E-state index in [9.17, 15) is 4.79 Å². The molecule has 2 aromatic rings. The van der Waals surface area contributed by atoms with Gasteiger partial charge in [-0.25, -0.2) is 4.98 Å². The molecule has 2 rings (SSSR count). The Morgan fingerprint density at radius 1 is 1.58 bits per heavy atom. The highest BCUT2D eigenvalue weighted by Gasteiger charge is 2.14. The van der Waals surface area contributed by atoms with Crippen LogP contribution in [-0.4, -0.2) is 27.8 Å². The van der Waals surface area contributed by atoms with Crippen molar-refractivity contribution in [3.05, 3.63) is 35.8 Å². The molecule has 0 fully saturated rings. The van der Waals surface area contributed by atoms with E-state index in [1.165, 1.54) is 10.9 Å². The van der Waals surface area contributed by atoms with Crippen LogP contribution in [0, 0.1) is 0 Å². The molecule has 0 radical (unpaired) electrons. The van der Waals surface area contributed by atoms with Gasteiger partial charge in [-0.2, -0.15) is 5.10 Å². The van der Waals surface area contributed by atoms with Crippen molar-refractivity contribution in [3.8, 4) is 5.88 Å². The van der Waals surface area contributed by atoms with Gasteiger partial charge in [0, 0.05) is 25.9 Å². The van der Waals surface area contributed by atoms with E-state index in [4.69, 9.17) is 10.5 Å². The molecule has 19 heavy (non-hydrogen) atoms. The Morgan fingerprint density at radius 3 is 3.00 bits per heavy atom. The smallest absolute Gasteiger partial charge is 0.271 e. The van der Waals surface area contributed by atoms with Crippen molar-refractivity contribution >= 4 is 11.6 Å². The van der Waals surface area contributed by atoms with Gasteiger partial charge in [0.05, 0.1) is 19.0 Å². The van der Waals surface area contributed by atoms with Gasteiger partial charge in [0.1, 0.15) is 5.69 Å². The summed E-state index contributed by atoms with van der Waals surface area (Å²) in [6, 6.07) is 3.56. The standard InChI is InChI=1S/C12H15N5O2/c1-17-11(9(13)7-16-17)12(18)15-6-8-3-4-14-10(5-8)19-2/h3-5,7H,6,13H2,1-2H3,(H,15,18). The Bertz CT molecular complexity index is 574. The van der Waals surface area contributed by atoms with E-state index in [1.807, 2.05) is 0 Å². The number of nitrogens with zero attached hydrogens (tertiary/aromatic N) is 3. The fourth-order valence-corrected chi connectivity index (χ4v) is 1.67. The molecule has 3 N–H and O–H groups in total. The number of aryl methyl sites for hydroxylation is 1. The summed E-state index contributed by atoms with van der Waals surface area (Å²) in [7, 11) is 3.21. The molecular formula is C12H15N5O2. The third-order valence-electron chi connectivity index (χ3n) is 2.64. The van der Waals surface area contributed by atoms with Gasteiger partial charge in [-0.15, -0.1) is 0 Å². The normalized spacial score (nSPS) is 10.2. The number of amides is 1. The second kappa shape index (κ2) is 5.38. The molecule has 0 saturated carbocycles. The number of aromatic nitrogens is 3. The lowest BCUT2D eigenvalue weighted by Crippen LogP contribution is -2.26. The van der Waals surface area contributed by atoms with Gasteiger partial charge in [-0.05, 0) is 11.6 Å². The number of rotatable bonds is 4. The molecule has 0 atom stereocenters. The highest BCUT2D eigenvalue weighted by atomic mass is 16.5. The number of hydrogen-bond donors (Lipinski definition) is 2. The molecule has 2 heterocycles. The number of ether oxygens (including phenoxy) is 1. The maximum atomic E-state index is 12.0. The Morgan fingerprint density at radius 2 is 2.37 bits per heavy atom. The molecule has 0 unspecified atom stereocenters. The Hall–Kier alpha value is -2.57. The minimum absolute atomic E-state index is 0.270. The number of nitrogens with one attached hydrogen (secondary N) is 1. The number of carbonyl (C=O) groups is 1. The van der Waals surface area contributed by atoms with Crippen molar-refractivity contribution in [3.63, 3.8) is 0 Å². The highest BCUT2D eigenvalue weighted by molar-refractivity contribution is 5.97. The minimum Gasteiger partial charge on any atom is -0.481 e. The van der Waals surface area contributed by atoms with Crippen molar-refractivity contribution in [2.45, 2.75) is 6.54 Å². The first-order valence-electron chi connectivity index (χ1n) is 5.66. The van der Waals surface area contributed by atoms with Crippen LogP contribution in [0.3, 0.4) is 0 Å². The molecule has 0 saturated heterocycles. The Balaban J connectivity index is 2.04. The zero-order valence-corrected chi connectivity index (χ0v) is 10.8. The number of carbonyl (C=O) groups excluding carboxylic acids is 1. The lowest BCUT2D eigenvalue weighted by molar-refractivity contribution is 0.0942. The molecule has 0 aliphatic rings. The molecule has 0 aromatic carbocycles. The van der Waals surface area contributed by atoms with Crippen LogP contribution in [-0.2, 0) is 13.6 Å². The van der Waals surface area contributed by atoms with Crippen LogP contribution in [0.1, 0.15) is 16.1 Å². The summed E-state index contributed by atoms with van der Waals surface area (Å²) in [6.07, 6.45) is 3.07. The summed E-state index contributed by atoms with van der Waals surface area (Å²) in [5, 5.41) is 6.69. The third-order valence-corrected chi connectivity index (χ3v) is 2.64. The van der Waals surface area contributed by atoms with Gasteiger partial charge < -0.3 is 15.8 Å². The summed E-state index contributed by atoms with van der Waals surface area (Å²) in [6.45, 7) is 0.363. The number of nitrogens with two attached hydrogens (primary N) is 1. The fraction of sp³-hybridized carbons (Fsp3) is 0.250. The first-order chi connectivity index (χ1) is 9.11. The molecule has 0 spiro atoms. The zero-order valence-electron chi connectivity index (χ0n) is 10.8. The number of anilines is 1. The molecule has 7 heteroatoms. The van der Waals surface area contributed by atoms with E-state index < -0.39 is 0 Å². The topological polar surface area (TPSA) is 95.1 Å². The number of pyridine rings is 1. The molecule has 1 amide bonds. The summed E-state index contributed by atoms with van der Waals surface area (Å²) in [5.74, 6) is 0.236. The molecule has 2 aromatic heterocycles. The predicted octanol–water partition coefficient (Wildman–Crippen LogP) is 0.336. The largest absolute Gasteiger partial charge is 0.481 e. The van der Waals surface area contributed by atoms with Crippen molar-refractivity contribution in [1.29, 1.82) is 0 Å². The lowest BCUT2D eigenvalue weighted by atomic mass is 10.2. The average molecular weight is 261 g/mol. The molecule has 0 bridgehead atoms. The summed E-state index contributed by atoms with van der Waals surface area (Å²) in [5.41, 5.74) is 7.27. The van der Waals surface area contributed by atoms with E-state index in [-0.39, 0.29) is 5.91 Å². The van der Waals surface area contributed by atoms with Crippen LogP contribution in [0.5, 0.6) is 5.88 Å². The number of methoxy groups -OCH3 is 1. The van der Waals surface area contributed by atoms with E-state index >= 15 is 0 Å². The molecule has 0 aliphatic carbocycles. The van der Waals surface area contributed by atoms with E-state index in [0.29, 0.717) is 23.8 Å². The maximum absolute atomic E-state index is 12.0. The zero-order chi connectivity index (χ0) is 13.8. The molecule has 100 valence electrons. The summed E-state index contributed by atoms with van der Waals surface area (Å²) >= 11 is 0. The minimum atomic E-state index is -0.270. The van der Waals surface area contributed by atoms with Crippen LogP contribution in [0.25, 0.3) is 0 Å². The van der Waals surface area contributed by atoms with Crippen molar-refractivity contribution < 1.29 is 9.53 Å². The van der Waals surface area contributed by atoms with Gasteiger partial charge in [0.15, 0.2) is 0 Å². The van der Waals surface area contributed by atoms with Crippen molar-refractivity contribution in [2.24, 2.45) is 7.05 Å². The van der Waals surface area contributed by atoms with Crippen LogP contribution in [0.4, 0.5) is 5.69 Å². The maximum Gasteiger partial charge on any atom is 0.271 e. The Labute approximate surface area is 110 Å². The second-order valence-corrected chi connectivity index (χ2v) is 3.96. The Kier molecular flexibility index (Phi) is 3.65. The predicted molar refractivity (Wildman–Crippen MR) is 69.6 cm³/mol. The van der Waals surface area contributed by atoms with Crippen molar-refractivity contribution in [1.82, 2.24) is 20.1 Å². The van der Waals surface area contributed by atoms with E-state index in [2.05, 4.69) is 15.4 Å². The number of hydrogen-bond acceptors (Lipinski definition) is 5. The average Bonchev–Trinajstić information content (AvgIpc) is 2.76. The van der Waals surface area contributed by atoms with Crippen LogP contribution in [0.15, 0.2) is 24.5 Å². The van der Waals surface area contributed by atoms with Gasteiger partial charge >= 0.3 is 0 Å². The number of nitrogen functional groups attached to an aromatic ring is 1. The quantitative estimate of drug-likeness (QED) is 0.827. The summed E-state index contributed by atoms with van der Waals surface area (Å²) in [4.78, 5) is 16.0. The SMILES string of the molecule is COc1cc(CNC(=O)c2c(N)cnn2C)ccn1. The first-order valence-corrected chi connectivity index (χ1v) is 5.66. The van der Waals surface area contributed by atoms with Gasteiger partial charge in [0.2, 0.25) is 5.88 Å². The monoisotopic (exact) mass is 261 g/mol. The third kappa shape index (κ3) is 2.82. The van der Waals surface area contributed by atoms with Crippen LogP contribution >= 0.6 is 0 Å². The molecule has 7 nitrogen and oxygen atoms in total. The highest BCUT2D eigenvalue weighted by Crippen LogP contribution is 2.11. The van der Waals surface area contributed by atoms with Crippen LogP contribution in [0.2, 0.25) is 0 Å². The lowest BCUT2D eigenvalue weighted by Gasteiger charge is -2.07. The second-order valence-electron chi connectivity index (χ2n) is 3.96.